The molecule has 84 heavy (non-hydrogen) atoms. The maximum atomic E-state index is 13.0. The Morgan fingerprint density at radius 1 is 0.500 bits per heavy atom. The summed E-state index contributed by atoms with van der Waals surface area (Å²) in [6, 6.07) is 27.0. The Morgan fingerprint density at radius 3 is 1.30 bits per heavy atom. The minimum atomic E-state index is -5.02. The summed E-state index contributed by atoms with van der Waals surface area (Å²) in [5.41, 5.74) is -0.724. The molecule has 6 aromatic carbocycles. The minimum absolute atomic E-state index is 0.0165. The summed E-state index contributed by atoms with van der Waals surface area (Å²) in [4.78, 5) is 72.3. The highest BCUT2D eigenvalue weighted by Crippen LogP contribution is 2.40. The van der Waals surface area contributed by atoms with Crippen LogP contribution >= 0.6 is 12.0 Å². The Kier molecular flexibility index (Phi) is 24.5. The van der Waals surface area contributed by atoms with Gasteiger partial charge in [0.05, 0.1) is 72.3 Å². The summed E-state index contributed by atoms with van der Waals surface area (Å²) in [6.45, 7) is 8.14. The second-order valence-corrected chi connectivity index (χ2v) is 19.7. The van der Waals surface area contributed by atoms with Crippen LogP contribution in [0.4, 0.5) is 22.7 Å². The first-order valence-electron chi connectivity index (χ1n) is 25.4. The van der Waals surface area contributed by atoms with Crippen molar-refractivity contribution < 1.29 is 95.0 Å². The van der Waals surface area contributed by atoms with E-state index in [9.17, 15) is 52.0 Å². The van der Waals surface area contributed by atoms with E-state index in [0.717, 1.165) is 68.9 Å². The average molecular weight is 1190 g/mol. The summed E-state index contributed by atoms with van der Waals surface area (Å²) < 4.78 is 72.9. The van der Waals surface area contributed by atoms with Gasteiger partial charge in [-0.15, -0.1) is 4.33 Å². The van der Waals surface area contributed by atoms with E-state index in [1.54, 1.807) is 24.3 Å². The lowest BCUT2D eigenvalue weighted by molar-refractivity contribution is -0.432. The number of hydrogen-bond acceptors (Lipinski definition) is 22. The van der Waals surface area contributed by atoms with Crippen molar-refractivity contribution in [2.75, 3.05) is 26.4 Å². The number of carbonyl (C=O) groups excluding carboxylic acids is 4. The predicted octanol–water partition coefficient (Wildman–Crippen LogP) is 13.0. The first-order chi connectivity index (χ1) is 40.5. The first-order valence-corrected chi connectivity index (χ1v) is 27.6. The normalized spacial score (nSPS) is 11.2. The van der Waals surface area contributed by atoms with Crippen molar-refractivity contribution in [2.45, 2.75) is 61.2 Å². The lowest BCUT2D eigenvalue weighted by Crippen LogP contribution is -2.11. The van der Waals surface area contributed by atoms with Gasteiger partial charge < -0.3 is 38.6 Å². The SMILES string of the molecule is C=CC(=O)OCCCCCCOc1ccc(C(=O)Oc2ccc(N=Nc3ccc(-c4ccc(N=Nc5ccc(OC(=O)c6ccc(OCCCCCCOC(=O)C=C)cc6)c(C(=O)O)c5)cc4S(=O)(=O)O)c(SOOO)c3)cc2C(=O)O)cc1. The number of esters is 4. The zero-order valence-electron chi connectivity index (χ0n) is 44.5. The van der Waals surface area contributed by atoms with Crippen molar-refractivity contribution in [2.24, 2.45) is 20.5 Å². The van der Waals surface area contributed by atoms with E-state index in [1.807, 2.05) is 0 Å². The number of hydrogen-bond donors (Lipinski definition) is 4. The zero-order chi connectivity index (χ0) is 60.4. The summed E-state index contributed by atoms with van der Waals surface area (Å²) in [6.07, 6.45) is 8.48. The third-order valence-corrected chi connectivity index (χ3v) is 13.2. The number of azo groups is 2. The van der Waals surface area contributed by atoms with Crippen molar-refractivity contribution in [3.63, 3.8) is 0 Å². The number of benzene rings is 6. The molecule has 0 aliphatic carbocycles. The van der Waals surface area contributed by atoms with Gasteiger partial charge in [-0.1, -0.05) is 30.3 Å². The lowest BCUT2D eigenvalue weighted by atomic mass is 10.0. The third kappa shape index (κ3) is 19.9. The molecule has 0 spiro atoms. The fraction of sp³-hybridized carbons (Fsp3) is 0.207. The number of carboxylic acid groups (broad SMARTS) is 2. The van der Waals surface area contributed by atoms with Crippen LogP contribution < -0.4 is 18.9 Å². The van der Waals surface area contributed by atoms with Gasteiger partial charge in [0.1, 0.15) is 39.0 Å². The molecule has 26 heteroatoms. The summed E-state index contributed by atoms with van der Waals surface area (Å²) >= 11 is 0.409. The van der Waals surface area contributed by atoms with Crippen molar-refractivity contribution in [3.8, 4) is 34.1 Å². The molecule has 4 N–H and O–H groups in total. The van der Waals surface area contributed by atoms with E-state index >= 15 is 0 Å². The number of rotatable bonds is 33. The Bertz CT molecular complexity index is 3520. The number of ether oxygens (including phenoxy) is 6. The van der Waals surface area contributed by atoms with Crippen LogP contribution in [0.3, 0.4) is 0 Å². The van der Waals surface area contributed by atoms with Gasteiger partial charge in [-0.3, -0.25) is 4.55 Å². The topological polar surface area (TPSA) is 341 Å². The van der Waals surface area contributed by atoms with E-state index < -0.39 is 62.0 Å². The second kappa shape index (κ2) is 32.3. The van der Waals surface area contributed by atoms with Gasteiger partial charge >= 0.3 is 35.8 Å². The fourth-order valence-corrected chi connectivity index (χ4v) is 8.75. The van der Waals surface area contributed by atoms with Crippen LogP contribution in [-0.2, 0) is 38.6 Å². The highest BCUT2D eigenvalue weighted by molar-refractivity contribution is 7.94. The highest BCUT2D eigenvalue weighted by atomic mass is 32.2. The molecule has 0 fully saturated rings. The number of unbranched alkanes of at least 4 members (excludes halogenated alkanes) is 6. The Labute approximate surface area is 484 Å². The van der Waals surface area contributed by atoms with Gasteiger partial charge in [0.15, 0.2) is 0 Å². The van der Waals surface area contributed by atoms with Gasteiger partial charge in [-0.2, -0.15) is 28.9 Å². The summed E-state index contributed by atoms with van der Waals surface area (Å²) in [7, 11) is -5.02. The molecule has 438 valence electrons. The van der Waals surface area contributed by atoms with Crippen molar-refractivity contribution >= 4 is 80.7 Å². The van der Waals surface area contributed by atoms with Crippen LogP contribution in [0.1, 0.15) is 92.8 Å². The average Bonchev–Trinajstić information content (AvgIpc) is 2.22. The van der Waals surface area contributed by atoms with Crippen LogP contribution in [0.15, 0.2) is 177 Å². The van der Waals surface area contributed by atoms with Crippen LogP contribution in [-0.4, -0.2) is 90.7 Å². The van der Waals surface area contributed by atoms with Crippen LogP contribution in [0.2, 0.25) is 0 Å². The monoisotopic (exact) mass is 1190 g/mol. The quantitative estimate of drug-likeness (QED) is 0.00342. The molecule has 0 aromatic heterocycles. The smallest absolute Gasteiger partial charge is 0.343 e. The van der Waals surface area contributed by atoms with Gasteiger partial charge in [0.2, 0.25) is 0 Å². The molecular formula is C58H54N4O20S2. The van der Waals surface area contributed by atoms with Crippen molar-refractivity contribution in [1.82, 2.24) is 0 Å². The molecule has 0 amide bonds. The van der Waals surface area contributed by atoms with E-state index in [4.69, 9.17) is 33.7 Å². The van der Waals surface area contributed by atoms with Gasteiger partial charge in [0, 0.05) is 22.6 Å². The Balaban J connectivity index is 1.08. The minimum Gasteiger partial charge on any atom is -0.494 e. The fourth-order valence-electron chi connectivity index (χ4n) is 7.48. The molecule has 0 unspecified atom stereocenters. The molecule has 0 bridgehead atoms. The maximum Gasteiger partial charge on any atom is 0.343 e. The molecule has 0 atom stereocenters. The lowest BCUT2D eigenvalue weighted by Gasteiger charge is -2.12. The van der Waals surface area contributed by atoms with Crippen molar-refractivity contribution in [3.05, 3.63) is 169 Å². The van der Waals surface area contributed by atoms with E-state index in [0.29, 0.717) is 62.8 Å². The van der Waals surface area contributed by atoms with Crippen LogP contribution in [0.25, 0.3) is 11.1 Å². The number of aromatic carboxylic acids is 2. The standard InChI is InChI=1S/C58H54N4O20S2/c1-3-53(63)77-31-11-7-5-9-29-75-43-21-13-37(14-22-43)57(69)79-49-27-19-39(33-47(49)55(65)66)59-61-41-17-25-45(51(35-41)83-82-81-71)46-26-18-42(36-52(46)84(72,73)74)62-60-40-20-28-50(48(34-40)56(67)68)80-58(70)38-15-23-44(24-16-38)76-30-10-6-8-12-32-78-54(64)4-2/h3-4,13-28,33-36,71H,1-2,5-12,29-32H2,(H,65,66)(H,67,68)(H,72,73,74). The number of carbonyl (C=O) groups is 6. The largest absolute Gasteiger partial charge is 0.494 e. The third-order valence-electron chi connectivity index (χ3n) is 11.6. The van der Waals surface area contributed by atoms with Gasteiger partial charge in [0.25, 0.3) is 10.1 Å². The molecule has 0 aliphatic rings. The summed E-state index contributed by atoms with van der Waals surface area (Å²) in [5, 5.41) is 49.1. The Hall–Kier alpha value is -9.44. The number of carboxylic acids is 2. The molecule has 6 rings (SSSR count). The molecular weight excluding hydrogens is 1140 g/mol. The molecule has 0 aliphatic heterocycles. The second-order valence-electron chi connectivity index (χ2n) is 17.5. The zero-order valence-corrected chi connectivity index (χ0v) is 46.2. The van der Waals surface area contributed by atoms with E-state index in [-0.39, 0.29) is 61.4 Å². The molecule has 0 heterocycles. The molecule has 24 nitrogen and oxygen atoms in total. The van der Waals surface area contributed by atoms with Crippen LogP contribution in [0.5, 0.6) is 23.0 Å². The molecule has 0 radical (unpaired) electrons. The predicted molar refractivity (Wildman–Crippen MR) is 301 cm³/mol. The highest BCUT2D eigenvalue weighted by Gasteiger charge is 2.23. The van der Waals surface area contributed by atoms with E-state index in [2.05, 4.69) is 43.0 Å². The van der Waals surface area contributed by atoms with Gasteiger partial charge in [-0.25, -0.2) is 34.0 Å². The Morgan fingerprint density at radius 2 is 0.893 bits per heavy atom. The molecule has 0 saturated carbocycles. The van der Waals surface area contributed by atoms with Crippen LogP contribution in [0, 0.1) is 0 Å². The first kappa shape index (κ1) is 63.7. The molecule has 0 saturated heterocycles. The maximum absolute atomic E-state index is 13.0. The van der Waals surface area contributed by atoms with Gasteiger partial charge in [-0.05, 0) is 166 Å². The summed E-state index contributed by atoms with van der Waals surface area (Å²) in [5.74, 6) is -5.15. The number of nitrogens with zero attached hydrogens (tertiary/aromatic N) is 4. The van der Waals surface area contributed by atoms with Crippen molar-refractivity contribution in [1.29, 1.82) is 0 Å². The molecule has 6 aromatic rings. The van der Waals surface area contributed by atoms with E-state index in [1.165, 1.54) is 78.9 Å².